The first kappa shape index (κ1) is 14.6. The number of hydrogen-bond donors (Lipinski definition) is 1. The summed E-state index contributed by atoms with van der Waals surface area (Å²) < 4.78 is 37.5. The summed E-state index contributed by atoms with van der Waals surface area (Å²) in [7, 11) is 0. The van der Waals surface area contributed by atoms with Crippen LogP contribution in [0.4, 0.5) is 14.5 Å². The van der Waals surface area contributed by atoms with Crippen LogP contribution in [0.5, 0.6) is 11.5 Å². The van der Waals surface area contributed by atoms with Gasteiger partial charge in [-0.05, 0) is 18.2 Å². The van der Waals surface area contributed by atoms with E-state index in [2.05, 4.69) is 5.32 Å². The maximum atomic E-state index is 13.6. The van der Waals surface area contributed by atoms with Crippen LogP contribution in [0.15, 0.2) is 30.3 Å². The van der Waals surface area contributed by atoms with Gasteiger partial charge in [0.05, 0.1) is 16.3 Å². The van der Waals surface area contributed by atoms with Crippen LogP contribution in [0.1, 0.15) is 10.4 Å². The summed E-state index contributed by atoms with van der Waals surface area (Å²) in [5, 5.41) is 2.63. The second-order valence-corrected chi connectivity index (χ2v) is 4.96. The molecule has 0 aromatic heterocycles. The van der Waals surface area contributed by atoms with Gasteiger partial charge >= 0.3 is 0 Å². The average molecular weight is 326 g/mol. The summed E-state index contributed by atoms with van der Waals surface area (Å²) in [5.41, 5.74) is -0.189. The molecule has 0 radical (unpaired) electrons. The molecule has 1 N–H and O–H groups in total. The van der Waals surface area contributed by atoms with E-state index in [1.807, 2.05) is 0 Å². The quantitative estimate of drug-likeness (QED) is 0.917. The Bertz CT molecular complexity index is 752. The van der Waals surface area contributed by atoms with E-state index in [-0.39, 0.29) is 10.7 Å². The number of halogens is 3. The van der Waals surface area contributed by atoms with Gasteiger partial charge in [0.2, 0.25) is 0 Å². The summed E-state index contributed by atoms with van der Waals surface area (Å²) in [5.74, 6) is -1.46. The number of rotatable bonds is 2. The van der Waals surface area contributed by atoms with Gasteiger partial charge in [0.25, 0.3) is 5.91 Å². The SMILES string of the molecule is O=C(Nc1cc2c(cc1Cl)OCCO2)c1cc(F)ccc1F. The van der Waals surface area contributed by atoms with E-state index in [9.17, 15) is 13.6 Å². The molecule has 0 unspecified atom stereocenters. The first-order valence-corrected chi connectivity index (χ1v) is 6.78. The lowest BCUT2D eigenvalue weighted by Crippen LogP contribution is -2.17. The molecule has 4 nitrogen and oxygen atoms in total. The molecule has 7 heteroatoms. The molecule has 2 aromatic carbocycles. The van der Waals surface area contributed by atoms with E-state index in [1.165, 1.54) is 12.1 Å². The van der Waals surface area contributed by atoms with Gasteiger partial charge in [-0.15, -0.1) is 0 Å². The number of fused-ring (bicyclic) bond motifs is 1. The van der Waals surface area contributed by atoms with Gasteiger partial charge in [-0.1, -0.05) is 11.6 Å². The average Bonchev–Trinajstić information content (AvgIpc) is 2.50. The van der Waals surface area contributed by atoms with E-state index in [4.69, 9.17) is 21.1 Å². The van der Waals surface area contributed by atoms with Crippen molar-refractivity contribution in [2.45, 2.75) is 0 Å². The molecular weight excluding hydrogens is 316 g/mol. The van der Waals surface area contributed by atoms with Crippen LogP contribution in [0.25, 0.3) is 0 Å². The summed E-state index contributed by atoms with van der Waals surface area (Å²) in [6.07, 6.45) is 0. The predicted octanol–water partition coefficient (Wildman–Crippen LogP) is 3.64. The Morgan fingerprint density at radius 2 is 1.77 bits per heavy atom. The summed E-state index contributed by atoms with van der Waals surface area (Å²) in [6, 6.07) is 5.61. The van der Waals surface area contributed by atoms with Crippen molar-refractivity contribution in [2.24, 2.45) is 0 Å². The van der Waals surface area contributed by atoms with Crippen LogP contribution in [0, 0.1) is 11.6 Å². The molecule has 0 fully saturated rings. The molecule has 2 aromatic rings. The highest BCUT2D eigenvalue weighted by Gasteiger charge is 2.18. The smallest absolute Gasteiger partial charge is 0.258 e. The molecule has 3 rings (SSSR count). The molecule has 0 bridgehead atoms. The zero-order valence-corrected chi connectivity index (χ0v) is 11.9. The van der Waals surface area contributed by atoms with E-state index in [0.717, 1.165) is 18.2 Å². The maximum absolute atomic E-state index is 13.6. The summed E-state index contributed by atoms with van der Waals surface area (Å²) in [6.45, 7) is 0.782. The largest absolute Gasteiger partial charge is 0.486 e. The van der Waals surface area contributed by atoms with Gasteiger partial charge in [0.1, 0.15) is 24.8 Å². The Morgan fingerprint density at radius 1 is 1.09 bits per heavy atom. The number of benzene rings is 2. The van der Waals surface area contributed by atoms with Gasteiger partial charge in [-0.3, -0.25) is 4.79 Å². The fraction of sp³-hybridized carbons (Fsp3) is 0.133. The van der Waals surface area contributed by atoms with Crippen molar-refractivity contribution in [2.75, 3.05) is 18.5 Å². The second-order valence-electron chi connectivity index (χ2n) is 4.55. The van der Waals surface area contributed by atoms with E-state index in [0.29, 0.717) is 24.7 Å². The molecule has 0 atom stereocenters. The van der Waals surface area contributed by atoms with Gasteiger partial charge in [0, 0.05) is 12.1 Å². The topological polar surface area (TPSA) is 47.6 Å². The number of carbonyl (C=O) groups excluding carboxylic acids is 1. The lowest BCUT2D eigenvalue weighted by atomic mass is 10.2. The molecule has 1 aliphatic rings. The van der Waals surface area contributed by atoms with Gasteiger partial charge in [0.15, 0.2) is 11.5 Å². The van der Waals surface area contributed by atoms with Crippen LogP contribution in [-0.4, -0.2) is 19.1 Å². The number of hydrogen-bond acceptors (Lipinski definition) is 3. The number of amides is 1. The Kier molecular flexibility index (Phi) is 3.85. The van der Waals surface area contributed by atoms with Crippen LogP contribution >= 0.6 is 11.6 Å². The zero-order chi connectivity index (χ0) is 15.7. The lowest BCUT2D eigenvalue weighted by Gasteiger charge is -2.20. The van der Waals surface area contributed by atoms with Crippen molar-refractivity contribution in [1.29, 1.82) is 0 Å². The molecule has 0 spiro atoms. The fourth-order valence-corrected chi connectivity index (χ4v) is 2.22. The van der Waals surface area contributed by atoms with Crippen molar-refractivity contribution < 1.29 is 23.0 Å². The Labute approximate surface area is 129 Å². The Hall–Kier alpha value is -2.34. The number of anilines is 1. The fourth-order valence-electron chi connectivity index (χ4n) is 2.02. The Morgan fingerprint density at radius 3 is 2.50 bits per heavy atom. The number of carbonyl (C=O) groups is 1. The third-order valence-corrected chi connectivity index (χ3v) is 3.37. The van der Waals surface area contributed by atoms with Gasteiger partial charge in [-0.25, -0.2) is 8.78 Å². The standard InChI is InChI=1S/C15H10ClF2NO3/c16-10-6-13-14(22-4-3-21-13)7-12(10)19-15(20)9-5-8(17)1-2-11(9)18/h1-2,5-7H,3-4H2,(H,19,20). The van der Waals surface area contributed by atoms with Gasteiger partial charge < -0.3 is 14.8 Å². The van der Waals surface area contributed by atoms with E-state index < -0.39 is 23.1 Å². The molecule has 0 aliphatic carbocycles. The molecule has 1 heterocycles. The predicted molar refractivity (Wildman–Crippen MR) is 76.8 cm³/mol. The van der Waals surface area contributed by atoms with Crippen LogP contribution in [-0.2, 0) is 0 Å². The van der Waals surface area contributed by atoms with E-state index in [1.54, 1.807) is 0 Å². The van der Waals surface area contributed by atoms with Gasteiger partial charge in [-0.2, -0.15) is 0 Å². The monoisotopic (exact) mass is 325 g/mol. The van der Waals surface area contributed by atoms with Crippen molar-refractivity contribution >= 4 is 23.2 Å². The highest BCUT2D eigenvalue weighted by molar-refractivity contribution is 6.34. The first-order chi connectivity index (χ1) is 10.5. The minimum absolute atomic E-state index is 0.203. The van der Waals surface area contributed by atoms with Crippen molar-refractivity contribution in [3.05, 3.63) is 52.6 Å². The van der Waals surface area contributed by atoms with Crippen LogP contribution in [0.3, 0.4) is 0 Å². The second kappa shape index (κ2) is 5.81. The lowest BCUT2D eigenvalue weighted by molar-refractivity contribution is 0.102. The molecular formula is C15H10ClF2NO3. The van der Waals surface area contributed by atoms with Crippen LogP contribution < -0.4 is 14.8 Å². The Balaban J connectivity index is 1.89. The van der Waals surface area contributed by atoms with Crippen molar-refractivity contribution in [3.8, 4) is 11.5 Å². The summed E-state index contributed by atoms with van der Waals surface area (Å²) in [4.78, 5) is 12.1. The minimum atomic E-state index is -0.826. The highest BCUT2D eigenvalue weighted by Crippen LogP contribution is 2.38. The molecule has 0 saturated heterocycles. The zero-order valence-electron chi connectivity index (χ0n) is 11.2. The number of ether oxygens (including phenoxy) is 2. The maximum Gasteiger partial charge on any atom is 0.258 e. The third kappa shape index (κ3) is 2.82. The first-order valence-electron chi connectivity index (χ1n) is 6.40. The normalized spacial score (nSPS) is 12.9. The van der Waals surface area contributed by atoms with Crippen molar-refractivity contribution in [1.82, 2.24) is 0 Å². The minimum Gasteiger partial charge on any atom is -0.486 e. The molecule has 1 aliphatic heterocycles. The van der Waals surface area contributed by atoms with E-state index >= 15 is 0 Å². The molecule has 0 saturated carbocycles. The van der Waals surface area contributed by atoms with Crippen LogP contribution in [0.2, 0.25) is 5.02 Å². The highest BCUT2D eigenvalue weighted by atomic mass is 35.5. The third-order valence-electron chi connectivity index (χ3n) is 3.05. The molecule has 22 heavy (non-hydrogen) atoms. The molecule has 1 amide bonds. The van der Waals surface area contributed by atoms with Crippen molar-refractivity contribution in [3.63, 3.8) is 0 Å². The molecule has 114 valence electrons. The number of nitrogens with one attached hydrogen (secondary N) is 1. The summed E-state index contributed by atoms with van der Waals surface area (Å²) >= 11 is 6.05.